The molecule has 13 nitrogen and oxygen atoms in total. The Morgan fingerprint density at radius 3 is 2.24 bits per heavy atom. The van der Waals surface area contributed by atoms with Crippen molar-refractivity contribution in [1.82, 2.24) is 4.90 Å². The zero-order valence-electron chi connectivity index (χ0n) is 38.4. The standard InChI is InChI=1S/C49H75NO12/c1-29-14-10-9-11-15-30(2)40(52)27-38-22-17-35(7)49(59,62-38)46(56)47(57)50-23-13-12-16-39(50)48(58)61-42(32(4)26-36-18-20-37(51)21-19-36)28-41(53)31(3)25-34(6)44(55)45(60-8)43(54)33(5)24-29/h9-11,14-15,25,29,31-33,35-40,42,44-45,51-52,55,59H,12-13,16-24,26-28H2,1-8H3. The molecule has 1 aliphatic carbocycles. The number of ether oxygens (including phenoxy) is 3. The molecule has 0 aromatic heterocycles. The van der Waals surface area contributed by atoms with Gasteiger partial charge in [0.25, 0.3) is 11.7 Å². The molecule has 0 aromatic carbocycles. The van der Waals surface area contributed by atoms with Gasteiger partial charge < -0.3 is 39.5 Å². The van der Waals surface area contributed by atoms with Crippen molar-refractivity contribution in [3.63, 3.8) is 0 Å². The Hall–Kier alpha value is -3.33. The first-order valence-electron chi connectivity index (χ1n) is 23.1. The molecule has 1 saturated carbocycles. The molecule has 0 radical (unpaired) electrons. The molecule has 0 aromatic rings. The lowest BCUT2D eigenvalue weighted by Gasteiger charge is -2.42. The SMILES string of the molecule is COC1C(=O)C(C)CC(C)C=CC=CC=C(C)C(O)CC2CCC(C)C(O)(O2)C(=O)C(=O)N2CCCCC2C(=O)OC(C(C)CC2CCC(O)CC2)CC(=O)C(C)C=C(C)C1O. The molecule has 4 N–H and O–H groups in total. The summed E-state index contributed by atoms with van der Waals surface area (Å²) in [5, 5.41) is 44.4. The number of rotatable bonds is 4. The highest BCUT2D eigenvalue weighted by molar-refractivity contribution is 6.39. The molecule has 0 spiro atoms. The van der Waals surface area contributed by atoms with E-state index in [9.17, 15) is 44.4 Å². The second-order valence-corrected chi connectivity index (χ2v) is 19.0. The highest BCUT2D eigenvalue weighted by Gasteiger charge is 2.53. The van der Waals surface area contributed by atoms with Crippen LogP contribution in [-0.4, -0.2) is 117 Å². The molecule has 62 heavy (non-hydrogen) atoms. The van der Waals surface area contributed by atoms with Gasteiger partial charge in [-0.2, -0.15) is 0 Å². The Labute approximate surface area is 369 Å². The van der Waals surface area contributed by atoms with E-state index in [1.54, 1.807) is 52.8 Å². The van der Waals surface area contributed by atoms with Crippen molar-refractivity contribution in [2.45, 2.75) is 180 Å². The van der Waals surface area contributed by atoms with Crippen LogP contribution in [0, 0.1) is 35.5 Å². The van der Waals surface area contributed by atoms with Gasteiger partial charge in [0, 0.05) is 44.2 Å². The van der Waals surface area contributed by atoms with E-state index in [1.807, 2.05) is 32.1 Å². The lowest BCUT2D eigenvalue weighted by Crippen LogP contribution is -2.61. The van der Waals surface area contributed by atoms with E-state index in [-0.39, 0.29) is 61.2 Å². The summed E-state index contributed by atoms with van der Waals surface area (Å²) in [5.74, 6) is -7.88. The van der Waals surface area contributed by atoms with Crippen molar-refractivity contribution in [2.24, 2.45) is 35.5 Å². The Kier molecular flexibility index (Phi) is 19.5. The summed E-state index contributed by atoms with van der Waals surface area (Å²) >= 11 is 0. The predicted octanol–water partition coefficient (Wildman–Crippen LogP) is 5.90. The Morgan fingerprint density at radius 2 is 1.56 bits per heavy atom. The summed E-state index contributed by atoms with van der Waals surface area (Å²) in [5.41, 5.74) is 1.02. The molecule has 12 unspecified atom stereocenters. The molecule has 348 valence electrons. The van der Waals surface area contributed by atoms with E-state index in [4.69, 9.17) is 14.2 Å². The van der Waals surface area contributed by atoms with Crippen molar-refractivity contribution < 1.29 is 58.6 Å². The number of esters is 1. The molecule has 1 amide bonds. The van der Waals surface area contributed by atoms with Crippen LogP contribution in [0.2, 0.25) is 0 Å². The molecule has 2 saturated heterocycles. The first kappa shape index (κ1) is 51.3. The third-order valence-corrected chi connectivity index (χ3v) is 13.9. The Bertz CT molecular complexity index is 1680. The zero-order valence-corrected chi connectivity index (χ0v) is 38.4. The van der Waals surface area contributed by atoms with Crippen LogP contribution in [0.5, 0.6) is 0 Å². The highest BCUT2D eigenvalue weighted by Crippen LogP contribution is 2.37. The predicted molar refractivity (Wildman–Crippen MR) is 234 cm³/mol. The van der Waals surface area contributed by atoms with Crippen LogP contribution in [0.15, 0.2) is 47.6 Å². The largest absolute Gasteiger partial charge is 0.460 e. The van der Waals surface area contributed by atoms with Crippen molar-refractivity contribution >= 4 is 29.2 Å². The van der Waals surface area contributed by atoms with Crippen molar-refractivity contribution in [3.8, 4) is 0 Å². The van der Waals surface area contributed by atoms with Gasteiger partial charge in [-0.25, -0.2) is 4.79 Å². The van der Waals surface area contributed by atoms with Crippen LogP contribution in [0.3, 0.4) is 0 Å². The van der Waals surface area contributed by atoms with Gasteiger partial charge in [-0.15, -0.1) is 0 Å². The first-order valence-corrected chi connectivity index (χ1v) is 23.1. The van der Waals surface area contributed by atoms with Gasteiger partial charge in [0.15, 0.2) is 5.78 Å². The molecule has 3 aliphatic heterocycles. The maximum absolute atomic E-state index is 14.2. The lowest BCUT2D eigenvalue weighted by atomic mass is 9.79. The number of methoxy groups -OCH3 is 1. The molecule has 2 bridgehead atoms. The average molecular weight is 870 g/mol. The second kappa shape index (κ2) is 23.6. The average Bonchev–Trinajstić information content (AvgIpc) is 3.24. The summed E-state index contributed by atoms with van der Waals surface area (Å²) in [7, 11) is 1.37. The number of carbonyl (C=O) groups excluding carboxylic acids is 5. The number of nitrogens with zero attached hydrogens (tertiary/aromatic N) is 1. The lowest BCUT2D eigenvalue weighted by molar-refractivity contribution is -0.265. The van der Waals surface area contributed by atoms with Crippen LogP contribution >= 0.6 is 0 Å². The second-order valence-electron chi connectivity index (χ2n) is 19.0. The van der Waals surface area contributed by atoms with Crippen LogP contribution in [-0.2, 0) is 38.2 Å². The fraction of sp³-hybridized carbons (Fsp3) is 0.735. The fourth-order valence-electron chi connectivity index (χ4n) is 9.57. The number of allylic oxidation sites excluding steroid dienone is 6. The van der Waals surface area contributed by atoms with Gasteiger partial charge in [0.2, 0.25) is 5.79 Å². The van der Waals surface area contributed by atoms with Gasteiger partial charge in [0.1, 0.15) is 30.1 Å². The molecule has 4 rings (SSSR count). The summed E-state index contributed by atoms with van der Waals surface area (Å²) in [6.45, 7) is 12.5. The third kappa shape index (κ3) is 13.6. The number of fused-ring (bicyclic) bond motifs is 3. The maximum Gasteiger partial charge on any atom is 0.329 e. The normalized spacial score (nSPS) is 37.9. The monoisotopic (exact) mass is 870 g/mol. The number of aliphatic hydroxyl groups is 4. The Balaban J connectivity index is 1.68. The fourth-order valence-corrected chi connectivity index (χ4v) is 9.57. The molecule has 3 fully saturated rings. The van der Waals surface area contributed by atoms with Crippen molar-refractivity contribution in [3.05, 3.63) is 47.6 Å². The van der Waals surface area contributed by atoms with Gasteiger partial charge in [-0.05, 0) is 113 Å². The van der Waals surface area contributed by atoms with Crippen molar-refractivity contribution in [1.29, 1.82) is 0 Å². The highest BCUT2D eigenvalue weighted by atomic mass is 16.6. The molecular weight excluding hydrogens is 795 g/mol. The molecule has 12 atom stereocenters. The number of hydrogen-bond acceptors (Lipinski definition) is 12. The van der Waals surface area contributed by atoms with E-state index >= 15 is 0 Å². The molecule has 13 heteroatoms. The summed E-state index contributed by atoms with van der Waals surface area (Å²) in [6.07, 6.45) is 11.5. The maximum atomic E-state index is 14.2. The summed E-state index contributed by atoms with van der Waals surface area (Å²) in [4.78, 5) is 71.2. The number of cyclic esters (lactones) is 1. The van der Waals surface area contributed by atoms with Crippen LogP contribution in [0.1, 0.15) is 132 Å². The number of Topliss-reactive ketones (excluding diaryl/α,β-unsaturated/α-hetero) is 3. The molecular formula is C49H75NO12. The van der Waals surface area contributed by atoms with E-state index in [2.05, 4.69) is 0 Å². The molecule has 3 heterocycles. The van der Waals surface area contributed by atoms with Gasteiger partial charge in [-0.1, -0.05) is 71.1 Å². The van der Waals surface area contributed by atoms with E-state index in [0.29, 0.717) is 62.5 Å². The van der Waals surface area contributed by atoms with Gasteiger partial charge in [0.05, 0.1) is 18.3 Å². The van der Waals surface area contributed by atoms with Crippen LogP contribution in [0.4, 0.5) is 0 Å². The first-order chi connectivity index (χ1) is 29.3. The van der Waals surface area contributed by atoms with Gasteiger partial charge in [-0.3, -0.25) is 19.2 Å². The topological polar surface area (TPSA) is 197 Å². The van der Waals surface area contributed by atoms with E-state index in [0.717, 1.165) is 12.8 Å². The number of aliphatic hydroxyl groups excluding tert-OH is 3. The zero-order chi connectivity index (χ0) is 45.9. The molecule has 4 aliphatic rings. The third-order valence-electron chi connectivity index (χ3n) is 13.9. The minimum absolute atomic E-state index is 0.00307. The smallest absolute Gasteiger partial charge is 0.329 e. The summed E-state index contributed by atoms with van der Waals surface area (Å²) < 4.78 is 17.8. The number of amides is 1. The quantitative estimate of drug-likeness (QED) is 0.149. The number of piperidine rings is 1. The minimum atomic E-state index is -2.47. The van der Waals surface area contributed by atoms with E-state index < -0.39 is 77.8 Å². The number of ketones is 3. The van der Waals surface area contributed by atoms with E-state index in [1.165, 1.54) is 12.0 Å². The van der Waals surface area contributed by atoms with Crippen LogP contribution in [0.25, 0.3) is 0 Å². The number of carbonyl (C=O) groups is 5. The summed E-state index contributed by atoms with van der Waals surface area (Å²) in [6, 6.07) is -1.13. The minimum Gasteiger partial charge on any atom is -0.460 e. The van der Waals surface area contributed by atoms with Gasteiger partial charge >= 0.3 is 5.97 Å². The number of hydrogen-bond donors (Lipinski definition) is 4. The Morgan fingerprint density at radius 1 is 0.871 bits per heavy atom. The van der Waals surface area contributed by atoms with Crippen LogP contribution < -0.4 is 0 Å². The van der Waals surface area contributed by atoms with Crippen molar-refractivity contribution in [2.75, 3.05) is 13.7 Å².